The van der Waals surface area contributed by atoms with Gasteiger partial charge in [-0.05, 0) is 44.6 Å². The van der Waals surface area contributed by atoms with E-state index >= 15 is 0 Å². The Bertz CT molecular complexity index is 267. The third-order valence-corrected chi connectivity index (χ3v) is 4.55. The molecule has 0 spiro atoms. The van der Waals surface area contributed by atoms with E-state index in [0.717, 1.165) is 31.8 Å². The molecule has 3 nitrogen and oxygen atoms in total. The highest BCUT2D eigenvalue weighted by molar-refractivity contribution is 5.70. The summed E-state index contributed by atoms with van der Waals surface area (Å²) in [5.41, 5.74) is 0. The number of likely N-dealkylation sites (tertiary alicyclic amines) is 1. The molecule has 1 saturated heterocycles. The van der Waals surface area contributed by atoms with Crippen molar-refractivity contribution in [2.75, 3.05) is 13.1 Å². The van der Waals surface area contributed by atoms with E-state index in [-0.39, 0.29) is 5.92 Å². The van der Waals surface area contributed by atoms with Crippen molar-refractivity contribution in [3.63, 3.8) is 0 Å². The van der Waals surface area contributed by atoms with E-state index in [2.05, 4.69) is 11.8 Å². The first-order chi connectivity index (χ1) is 8.16. The second-order valence-electron chi connectivity index (χ2n) is 5.94. The summed E-state index contributed by atoms with van der Waals surface area (Å²) < 4.78 is 0. The number of carbonyl (C=O) groups is 1. The van der Waals surface area contributed by atoms with Gasteiger partial charge in [-0.2, -0.15) is 0 Å². The second kappa shape index (κ2) is 5.85. The fourth-order valence-electron chi connectivity index (χ4n) is 3.37. The molecule has 0 bridgehead atoms. The zero-order valence-electron chi connectivity index (χ0n) is 10.9. The molecule has 17 heavy (non-hydrogen) atoms. The van der Waals surface area contributed by atoms with Gasteiger partial charge in [-0.25, -0.2) is 0 Å². The normalized spacial score (nSPS) is 36.4. The van der Waals surface area contributed by atoms with Gasteiger partial charge in [0.05, 0.1) is 5.92 Å². The summed E-state index contributed by atoms with van der Waals surface area (Å²) in [5.74, 6) is 0.140. The van der Waals surface area contributed by atoms with Crippen LogP contribution in [0.15, 0.2) is 0 Å². The van der Waals surface area contributed by atoms with Gasteiger partial charge in [0.15, 0.2) is 0 Å². The standard InChI is InChI=1S/C14H25NO2/c1-11-4-2-6-13(8-7-11)15-9-3-5-12(10-15)14(16)17/h11-13H,2-10H2,1H3,(H,16,17). The second-order valence-corrected chi connectivity index (χ2v) is 5.94. The highest BCUT2D eigenvalue weighted by Crippen LogP contribution is 2.28. The molecule has 98 valence electrons. The van der Waals surface area contributed by atoms with E-state index in [0.29, 0.717) is 6.04 Å². The molecule has 0 aromatic rings. The third kappa shape index (κ3) is 3.44. The van der Waals surface area contributed by atoms with Crippen LogP contribution in [-0.4, -0.2) is 35.1 Å². The first kappa shape index (κ1) is 12.9. The number of carboxylic acids is 1. The molecule has 3 unspecified atom stereocenters. The van der Waals surface area contributed by atoms with Crippen molar-refractivity contribution < 1.29 is 9.90 Å². The van der Waals surface area contributed by atoms with Crippen molar-refractivity contribution in [1.29, 1.82) is 0 Å². The lowest BCUT2D eigenvalue weighted by Crippen LogP contribution is -2.44. The van der Waals surface area contributed by atoms with E-state index in [1.165, 1.54) is 32.1 Å². The Kier molecular flexibility index (Phi) is 4.43. The van der Waals surface area contributed by atoms with Crippen LogP contribution in [0.4, 0.5) is 0 Å². The topological polar surface area (TPSA) is 40.5 Å². The summed E-state index contributed by atoms with van der Waals surface area (Å²) in [5, 5.41) is 9.13. The Morgan fingerprint density at radius 2 is 1.94 bits per heavy atom. The van der Waals surface area contributed by atoms with Crippen LogP contribution in [0.2, 0.25) is 0 Å². The van der Waals surface area contributed by atoms with Crippen LogP contribution in [-0.2, 0) is 4.79 Å². The molecular formula is C14H25NO2. The molecule has 1 aliphatic heterocycles. The number of carboxylic acid groups (broad SMARTS) is 1. The first-order valence-electron chi connectivity index (χ1n) is 7.13. The van der Waals surface area contributed by atoms with Crippen molar-refractivity contribution in [3.05, 3.63) is 0 Å². The van der Waals surface area contributed by atoms with Crippen molar-refractivity contribution in [2.24, 2.45) is 11.8 Å². The zero-order chi connectivity index (χ0) is 12.3. The van der Waals surface area contributed by atoms with Crippen molar-refractivity contribution in [2.45, 2.75) is 57.9 Å². The average Bonchev–Trinajstić information content (AvgIpc) is 2.54. The monoisotopic (exact) mass is 239 g/mol. The molecule has 3 atom stereocenters. The summed E-state index contributed by atoms with van der Waals surface area (Å²) in [6, 6.07) is 0.655. The first-order valence-corrected chi connectivity index (χ1v) is 7.13. The molecule has 3 heteroatoms. The van der Waals surface area contributed by atoms with E-state index in [4.69, 9.17) is 5.11 Å². The van der Waals surface area contributed by atoms with Gasteiger partial charge in [-0.3, -0.25) is 9.69 Å². The molecule has 1 aliphatic carbocycles. The van der Waals surface area contributed by atoms with Crippen molar-refractivity contribution >= 4 is 5.97 Å². The van der Waals surface area contributed by atoms with Crippen LogP contribution >= 0.6 is 0 Å². The van der Waals surface area contributed by atoms with Gasteiger partial charge in [-0.1, -0.05) is 19.8 Å². The fraction of sp³-hybridized carbons (Fsp3) is 0.929. The largest absolute Gasteiger partial charge is 0.481 e. The molecule has 2 rings (SSSR count). The Morgan fingerprint density at radius 3 is 2.71 bits per heavy atom. The van der Waals surface area contributed by atoms with Crippen molar-refractivity contribution in [3.8, 4) is 0 Å². The maximum Gasteiger partial charge on any atom is 0.307 e. The van der Waals surface area contributed by atoms with Gasteiger partial charge in [0, 0.05) is 12.6 Å². The van der Waals surface area contributed by atoms with Crippen LogP contribution < -0.4 is 0 Å². The predicted molar refractivity (Wildman–Crippen MR) is 68.0 cm³/mol. The van der Waals surface area contributed by atoms with E-state index in [1.807, 2.05) is 0 Å². The molecule has 0 aromatic carbocycles. The van der Waals surface area contributed by atoms with Gasteiger partial charge in [0.25, 0.3) is 0 Å². The molecule has 1 heterocycles. The Hall–Kier alpha value is -0.570. The van der Waals surface area contributed by atoms with E-state index in [1.54, 1.807) is 0 Å². The minimum Gasteiger partial charge on any atom is -0.481 e. The molecule has 2 aliphatic rings. The third-order valence-electron chi connectivity index (χ3n) is 4.55. The van der Waals surface area contributed by atoms with Crippen LogP contribution in [0.5, 0.6) is 0 Å². The number of piperidine rings is 1. The molecule has 1 saturated carbocycles. The highest BCUT2D eigenvalue weighted by Gasteiger charge is 2.30. The van der Waals surface area contributed by atoms with E-state index in [9.17, 15) is 4.79 Å². The van der Waals surface area contributed by atoms with Crippen LogP contribution in [0.3, 0.4) is 0 Å². The lowest BCUT2D eigenvalue weighted by molar-refractivity contribution is -0.144. The minimum absolute atomic E-state index is 0.121. The average molecular weight is 239 g/mol. The molecule has 0 aromatic heterocycles. The minimum atomic E-state index is -0.600. The lowest BCUT2D eigenvalue weighted by Gasteiger charge is -2.36. The van der Waals surface area contributed by atoms with Gasteiger partial charge >= 0.3 is 5.97 Å². The number of hydrogen-bond donors (Lipinski definition) is 1. The maximum atomic E-state index is 11.1. The Morgan fingerprint density at radius 1 is 1.12 bits per heavy atom. The van der Waals surface area contributed by atoms with Gasteiger partial charge < -0.3 is 5.11 Å². The van der Waals surface area contributed by atoms with Crippen LogP contribution in [0, 0.1) is 11.8 Å². The summed E-state index contributed by atoms with van der Waals surface area (Å²) >= 11 is 0. The number of aliphatic carboxylic acids is 1. The molecule has 0 amide bonds. The van der Waals surface area contributed by atoms with E-state index < -0.39 is 5.97 Å². The van der Waals surface area contributed by atoms with Crippen LogP contribution in [0.1, 0.15) is 51.9 Å². The summed E-state index contributed by atoms with van der Waals surface area (Å²) in [7, 11) is 0. The lowest BCUT2D eigenvalue weighted by atomic mass is 9.95. The Balaban J connectivity index is 1.90. The number of rotatable bonds is 2. The fourth-order valence-corrected chi connectivity index (χ4v) is 3.37. The summed E-state index contributed by atoms with van der Waals surface area (Å²) in [4.78, 5) is 13.5. The van der Waals surface area contributed by atoms with Crippen LogP contribution in [0.25, 0.3) is 0 Å². The van der Waals surface area contributed by atoms with Crippen molar-refractivity contribution in [1.82, 2.24) is 4.90 Å². The molecular weight excluding hydrogens is 214 g/mol. The Labute approximate surface area is 104 Å². The van der Waals surface area contributed by atoms with Gasteiger partial charge in [-0.15, -0.1) is 0 Å². The predicted octanol–water partition coefficient (Wildman–Crippen LogP) is 2.75. The molecule has 2 fully saturated rings. The smallest absolute Gasteiger partial charge is 0.307 e. The summed E-state index contributed by atoms with van der Waals surface area (Å²) in [6.07, 6.45) is 8.47. The number of hydrogen-bond acceptors (Lipinski definition) is 2. The maximum absolute atomic E-state index is 11.1. The van der Waals surface area contributed by atoms with Gasteiger partial charge in [0.2, 0.25) is 0 Å². The quantitative estimate of drug-likeness (QED) is 0.753. The molecule has 1 N–H and O–H groups in total. The zero-order valence-corrected chi connectivity index (χ0v) is 10.9. The SMILES string of the molecule is CC1CCCC(N2CCCC(C(=O)O)C2)CC1. The summed E-state index contributed by atoms with van der Waals surface area (Å²) in [6.45, 7) is 4.25. The molecule has 0 radical (unpaired) electrons. The highest BCUT2D eigenvalue weighted by atomic mass is 16.4. The van der Waals surface area contributed by atoms with Gasteiger partial charge in [0.1, 0.15) is 0 Å². The number of nitrogens with zero attached hydrogens (tertiary/aromatic N) is 1.